The molecule has 0 aliphatic heterocycles. The van der Waals surface area contributed by atoms with Crippen LogP contribution >= 0.6 is 12.4 Å². The van der Waals surface area contributed by atoms with Gasteiger partial charge in [0.25, 0.3) is 5.91 Å². The summed E-state index contributed by atoms with van der Waals surface area (Å²) in [4.78, 5) is 13.9. The van der Waals surface area contributed by atoms with Gasteiger partial charge in [0.05, 0.1) is 17.3 Å². The van der Waals surface area contributed by atoms with Crippen molar-refractivity contribution >= 4 is 28.2 Å². The average Bonchev–Trinajstić information content (AvgIpc) is 2.50. The maximum atomic E-state index is 12.1. The molecule has 0 aromatic heterocycles. The summed E-state index contributed by atoms with van der Waals surface area (Å²) >= 11 is 0. The molecule has 1 aromatic rings. The third kappa shape index (κ3) is 5.92. The van der Waals surface area contributed by atoms with Crippen LogP contribution in [0.5, 0.6) is 0 Å². The highest BCUT2D eigenvalue weighted by Crippen LogP contribution is 2.13. The minimum Gasteiger partial charge on any atom is -0.384 e. The van der Waals surface area contributed by atoms with Crippen molar-refractivity contribution in [1.29, 1.82) is 0 Å². The van der Waals surface area contributed by atoms with Gasteiger partial charge in [0, 0.05) is 32.8 Å². The molecule has 6 nitrogen and oxygen atoms in total. The van der Waals surface area contributed by atoms with Gasteiger partial charge in [-0.2, -0.15) is 0 Å². The Morgan fingerprint density at radius 3 is 2.36 bits per heavy atom. The fourth-order valence-electron chi connectivity index (χ4n) is 1.72. The maximum absolute atomic E-state index is 12.1. The summed E-state index contributed by atoms with van der Waals surface area (Å²) in [7, 11) is 1.63. The van der Waals surface area contributed by atoms with Crippen LogP contribution in [0.2, 0.25) is 0 Å². The third-order valence-corrected chi connectivity index (χ3v) is 4.76. The van der Waals surface area contributed by atoms with Gasteiger partial charge in [0.1, 0.15) is 0 Å². The van der Waals surface area contributed by atoms with Crippen LogP contribution in [0.3, 0.4) is 0 Å². The van der Waals surface area contributed by atoms with Gasteiger partial charge < -0.3 is 15.0 Å². The smallest absolute Gasteiger partial charge is 0.253 e. The van der Waals surface area contributed by atoms with Crippen molar-refractivity contribution in [3.8, 4) is 0 Å². The van der Waals surface area contributed by atoms with Gasteiger partial charge in [0.2, 0.25) is 0 Å². The molecular weight excluding hydrogens is 328 g/mol. The monoisotopic (exact) mass is 350 g/mol. The normalized spacial score (nSPS) is 10.9. The number of rotatable bonds is 8. The fourth-order valence-corrected chi connectivity index (χ4v) is 2.89. The van der Waals surface area contributed by atoms with E-state index in [9.17, 15) is 13.2 Å². The zero-order valence-corrected chi connectivity index (χ0v) is 14.7. The van der Waals surface area contributed by atoms with E-state index in [1.807, 2.05) is 7.05 Å². The van der Waals surface area contributed by atoms with Gasteiger partial charge in [-0.25, -0.2) is 8.42 Å². The molecule has 0 saturated carbocycles. The molecule has 1 amide bonds. The van der Waals surface area contributed by atoms with Crippen LogP contribution in [0, 0.1) is 0 Å². The molecule has 0 saturated heterocycles. The first kappa shape index (κ1) is 20.9. The number of carbonyl (C=O) groups is 1. The number of hydrogen-bond donors (Lipinski definition) is 1. The van der Waals surface area contributed by atoms with Crippen LogP contribution in [-0.2, 0) is 14.6 Å². The second-order valence-corrected chi connectivity index (χ2v) is 6.78. The number of sulfone groups is 1. The van der Waals surface area contributed by atoms with Gasteiger partial charge in [-0.05, 0) is 31.3 Å². The van der Waals surface area contributed by atoms with E-state index < -0.39 is 9.84 Å². The largest absolute Gasteiger partial charge is 0.384 e. The zero-order valence-electron chi connectivity index (χ0n) is 13.0. The van der Waals surface area contributed by atoms with Crippen LogP contribution < -0.4 is 5.32 Å². The number of carbonyl (C=O) groups excluding carboxylic acids is 1. The Kier molecular flexibility index (Phi) is 9.27. The first-order chi connectivity index (χ1) is 9.92. The quantitative estimate of drug-likeness (QED) is 0.751. The second-order valence-electron chi connectivity index (χ2n) is 4.67. The van der Waals surface area contributed by atoms with E-state index in [1.54, 1.807) is 11.9 Å². The van der Waals surface area contributed by atoms with E-state index in [0.29, 0.717) is 18.7 Å². The third-order valence-electron chi connectivity index (χ3n) is 3.06. The summed E-state index contributed by atoms with van der Waals surface area (Å²) in [6.45, 7) is 1.44. The lowest BCUT2D eigenvalue weighted by molar-refractivity contribution is 0.0796. The molecule has 0 radical (unpaired) electrons. The van der Waals surface area contributed by atoms with Crippen molar-refractivity contribution in [2.75, 3.05) is 46.7 Å². The summed E-state index contributed by atoms with van der Waals surface area (Å²) in [5.74, 6) is -0.204. The summed E-state index contributed by atoms with van der Waals surface area (Å²) in [5.41, 5.74) is 0.472. The van der Waals surface area contributed by atoms with Gasteiger partial charge in [-0.3, -0.25) is 4.79 Å². The number of likely N-dealkylation sites (N-methyl/N-ethyl adjacent to an activating group) is 2. The standard InChI is InChI=1S/C14H22N2O4S.ClH/c1-15-8-9-16(2)14(17)12-4-6-13(7-5-12)21(18,19)11-10-20-3;/h4-7,15H,8-11H2,1-3H3;1H. The number of nitrogens with one attached hydrogen (secondary N) is 1. The highest BCUT2D eigenvalue weighted by Gasteiger charge is 2.16. The van der Waals surface area contributed by atoms with Crippen LogP contribution in [0.1, 0.15) is 10.4 Å². The van der Waals surface area contributed by atoms with Crippen molar-refractivity contribution in [2.24, 2.45) is 0 Å². The molecule has 0 aliphatic rings. The first-order valence-electron chi connectivity index (χ1n) is 6.64. The van der Waals surface area contributed by atoms with E-state index in [1.165, 1.54) is 31.4 Å². The Bertz CT molecular complexity index is 561. The molecule has 0 bridgehead atoms. The summed E-state index contributed by atoms with van der Waals surface area (Å²) in [6.07, 6.45) is 0. The average molecular weight is 351 g/mol. The lowest BCUT2D eigenvalue weighted by Crippen LogP contribution is -2.32. The Balaban J connectivity index is 0.00000441. The number of methoxy groups -OCH3 is 1. The van der Waals surface area contributed by atoms with E-state index >= 15 is 0 Å². The van der Waals surface area contributed by atoms with Crippen molar-refractivity contribution in [1.82, 2.24) is 10.2 Å². The maximum Gasteiger partial charge on any atom is 0.253 e. The number of nitrogens with zero attached hydrogens (tertiary/aromatic N) is 1. The molecule has 0 heterocycles. The number of amides is 1. The molecule has 0 spiro atoms. The second kappa shape index (κ2) is 9.78. The van der Waals surface area contributed by atoms with Crippen LogP contribution in [0.25, 0.3) is 0 Å². The minimum absolute atomic E-state index is 0. The Hall–Kier alpha value is -1.15. The van der Waals surface area contributed by atoms with E-state index in [-0.39, 0.29) is 35.6 Å². The molecule has 0 fully saturated rings. The van der Waals surface area contributed by atoms with Gasteiger partial charge in [0.15, 0.2) is 9.84 Å². The predicted octanol–water partition coefficient (Wildman–Crippen LogP) is 0.820. The van der Waals surface area contributed by atoms with Gasteiger partial charge in [-0.15, -0.1) is 12.4 Å². The molecule has 22 heavy (non-hydrogen) atoms. The molecular formula is C14H23ClN2O4S. The molecule has 1 aromatic carbocycles. The number of benzene rings is 1. The van der Waals surface area contributed by atoms with E-state index in [0.717, 1.165) is 0 Å². The lowest BCUT2D eigenvalue weighted by atomic mass is 10.2. The summed E-state index contributed by atoms with van der Waals surface area (Å²) < 4.78 is 28.7. The molecule has 1 rings (SSSR count). The predicted molar refractivity (Wildman–Crippen MR) is 88.5 cm³/mol. The van der Waals surface area contributed by atoms with E-state index in [4.69, 9.17) is 4.74 Å². The molecule has 0 atom stereocenters. The van der Waals surface area contributed by atoms with Gasteiger partial charge >= 0.3 is 0 Å². The molecule has 126 valence electrons. The van der Waals surface area contributed by atoms with Crippen molar-refractivity contribution in [3.63, 3.8) is 0 Å². The summed E-state index contributed by atoms with van der Waals surface area (Å²) in [6, 6.07) is 6.00. The Labute approximate surface area is 138 Å². The summed E-state index contributed by atoms with van der Waals surface area (Å²) in [5, 5.41) is 2.97. The topological polar surface area (TPSA) is 75.7 Å². The number of halogens is 1. The van der Waals surface area contributed by atoms with Crippen LogP contribution in [0.4, 0.5) is 0 Å². The van der Waals surface area contributed by atoms with Crippen molar-refractivity contribution < 1.29 is 17.9 Å². The minimum atomic E-state index is -3.36. The number of ether oxygens (including phenoxy) is 1. The molecule has 0 unspecified atom stereocenters. The Morgan fingerprint density at radius 1 is 1.27 bits per heavy atom. The van der Waals surface area contributed by atoms with Crippen LogP contribution in [0.15, 0.2) is 29.2 Å². The Morgan fingerprint density at radius 2 is 1.86 bits per heavy atom. The zero-order chi connectivity index (χ0) is 15.9. The highest BCUT2D eigenvalue weighted by atomic mass is 35.5. The first-order valence-corrected chi connectivity index (χ1v) is 8.29. The van der Waals surface area contributed by atoms with E-state index in [2.05, 4.69) is 5.32 Å². The molecule has 1 N–H and O–H groups in total. The SMILES string of the molecule is CNCCN(C)C(=O)c1ccc(S(=O)(=O)CCOC)cc1.Cl. The number of hydrogen-bond acceptors (Lipinski definition) is 5. The molecule has 0 aliphatic carbocycles. The lowest BCUT2D eigenvalue weighted by Gasteiger charge is -2.17. The van der Waals surface area contributed by atoms with Crippen LogP contribution in [-0.4, -0.2) is 65.9 Å². The van der Waals surface area contributed by atoms with Crippen molar-refractivity contribution in [2.45, 2.75) is 4.90 Å². The highest BCUT2D eigenvalue weighted by molar-refractivity contribution is 7.91. The molecule has 8 heteroatoms. The van der Waals surface area contributed by atoms with Gasteiger partial charge in [-0.1, -0.05) is 0 Å². The van der Waals surface area contributed by atoms with Crippen molar-refractivity contribution in [3.05, 3.63) is 29.8 Å². The fraction of sp³-hybridized carbons (Fsp3) is 0.500.